The van der Waals surface area contributed by atoms with Gasteiger partial charge in [0.1, 0.15) is 18.2 Å². The molecule has 0 saturated heterocycles. The van der Waals surface area contributed by atoms with Gasteiger partial charge in [0.2, 0.25) is 0 Å². The molecule has 0 aliphatic heterocycles. The highest BCUT2D eigenvalue weighted by molar-refractivity contribution is 5.47. The van der Waals surface area contributed by atoms with E-state index in [1.165, 1.54) is 25.7 Å². The molecule has 1 heterocycles. The summed E-state index contributed by atoms with van der Waals surface area (Å²) >= 11 is 0. The maximum atomic E-state index is 5.11. The summed E-state index contributed by atoms with van der Waals surface area (Å²) in [4.78, 5) is 8.86. The smallest absolute Gasteiger partial charge is 0.158 e. The Morgan fingerprint density at radius 2 is 1.89 bits per heavy atom. The van der Waals surface area contributed by atoms with Crippen LogP contribution in [0.15, 0.2) is 6.07 Å². The highest BCUT2D eigenvalue weighted by atomic mass is 16.5. The molecular formula is C14H24N4O. The standard InChI is InChI=1S/C14H24N4O/c1-10-4-6-11(7-5-10)16-13-8-12(15-2)17-14(18-13)9-19-3/h8,10-11H,4-7,9H2,1-3H3,(H2,15,16,17,18). The van der Waals surface area contributed by atoms with Gasteiger partial charge in [-0.05, 0) is 31.6 Å². The molecule has 1 fully saturated rings. The molecule has 2 rings (SSSR count). The molecule has 5 heteroatoms. The van der Waals surface area contributed by atoms with Crippen molar-refractivity contribution in [3.8, 4) is 0 Å². The number of nitrogens with one attached hydrogen (secondary N) is 2. The van der Waals surface area contributed by atoms with Crippen LogP contribution < -0.4 is 10.6 Å². The fourth-order valence-corrected chi connectivity index (χ4v) is 2.51. The second kappa shape index (κ2) is 6.70. The summed E-state index contributed by atoms with van der Waals surface area (Å²) in [7, 11) is 3.52. The summed E-state index contributed by atoms with van der Waals surface area (Å²) in [6.45, 7) is 2.77. The Hall–Kier alpha value is -1.36. The molecule has 0 radical (unpaired) electrons. The van der Waals surface area contributed by atoms with Crippen molar-refractivity contribution in [2.24, 2.45) is 5.92 Å². The summed E-state index contributed by atoms with van der Waals surface area (Å²) in [5.41, 5.74) is 0. The fraction of sp³-hybridized carbons (Fsp3) is 0.714. The van der Waals surface area contributed by atoms with E-state index < -0.39 is 0 Å². The third kappa shape index (κ3) is 4.06. The summed E-state index contributed by atoms with van der Waals surface area (Å²) in [6, 6.07) is 2.49. The highest BCUT2D eigenvalue weighted by Crippen LogP contribution is 2.26. The molecule has 0 aromatic carbocycles. The van der Waals surface area contributed by atoms with E-state index in [9.17, 15) is 0 Å². The van der Waals surface area contributed by atoms with Crippen molar-refractivity contribution >= 4 is 11.6 Å². The van der Waals surface area contributed by atoms with Crippen molar-refractivity contribution in [3.63, 3.8) is 0 Å². The number of ether oxygens (including phenoxy) is 1. The maximum absolute atomic E-state index is 5.11. The first-order valence-electron chi connectivity index (χ1n) is 7.02. The summed E-state index contributed by atoms with van der Waals surface area (Å²) in [5, 5.41) is 6.59. The molecule has 0 unspecified atom stereocenters. The molecule has 1 aliphatic carbocycles. The second-order valence-electron chi connectivity index (χ2n) is 5.34. The lowest BCUT2D eigenvalue weighted by Crippen LogP contribution is -2.26. The van der Waals surface area contributed by atoms with Crippen molar-refractivity contribution < 1.29 is 4.74 Å². The molecule has 0 amide bonds. The molecule has 0 atom stereocenters. The van der Waals surface area contributed by atoms with Crippen LogP contribution in [-0.4, -0.2) is 30.2 Å². The number of aromatic nitrogens is 2. The zero-order valence-electron chi connectivity index (χ0n) is 12.1. The molecule has 0 bridgehead atoms. The molecule has 1 aromatic rings. The quantitative estimate of drug-likeness (QED) is 0.856. The minimum atomic E-state index is 0.436. The largest absolute Gasteiger partial charge is 0.377 e. The fourth-order valence-electron chi connectivity index (χ4n) is 2.51. The van der Waals surface area contributed by atoms with Crippen molar-refractivity contribution in [1.29, 1.82) is 0 Å². The lowest BCUT2D eigenvalue weighted by molar-refractivity contribution is 0.178. The first-order chi connectivity index (χ1) is 9.21. The van der Waals surface area contributed by atoms with Crippen molar-refractivity contribution in [1.82, 2.24) is 9.97 Å². The SMILES string of the molecule is CNc1cc(NC2CCC(C)CC2)nc(COC)n1. The van der Waals surface area contributed by atoms with Crippen LogP contribution in [0, 0.1) is 5.92 Å². The van der Waals surface area contributed by atoms with Gasteiger partial charge in [-0.15, -0.1) is 0 Å². The van der Waals surface area contributed by atoms with Gasteiger partial charge in [0, 0.05) is 26.3 Å². The average Bonchev–Trinajstić information content (AvgIpc) is 2.41. The first-order valence-corrected chi connectivity index (χ1v) is 7.02. The Kier molecular flexibility index (Phi) is 4.96. The Balaban J connectivity index is 2.04. The van der Waals surface area contributed by atoms with Gasteiger partial charge >= 0.3 is 0 Å². The second-order valence-corrected chi connectivity index (χ2v) is 5.34. The van der Waals surface area contributed by atoms with Gasteiger partial charge in [-0.1, -0.05) is 6.92 Å². The molecule has 19 heavy (non-hydrogen) atoms. The van der Waals surface area contributed by atoms with E-state index in [-0.39, 0.29) is 0 Å². The van der Waals surface area contributed by atoms with Gasteiger partial charge in [-0.2, -0.15) is 0 Å². The third-order valence-electron chi connectivity index (χ3n) is 3.67. The van der Waals surface area contributed by atoms with Crippen LogP contribution in [0.1, 0.15) is 38.4 Å². The van der Waals surface area contributed by atoms with Crippen molar-refractivity contribution in [2.75, 3.05) is 24.8 Å². The minimum absolute atomic E-state index is 0.436. The van der Waals surface area contributed by atoms with E-state index in [1.54, 1.807) is 7.11 Å². The number of nitrogens with zero attached hydrogens (tertiary/aromatic N) is 2. The molecule has 1 saturated carbocycles. The third-order valence-corrected chi connectivity index (χ3v) is 3.67. The summed E-state index contributed by atoms with van der Waals surface area (Å²) in [5.74, 6) is 3.29. The average molecular weight is 264 g/mol. The van der Waals surface area contributed by atoms with Gasteiger partial charge in [0.05, 0.1) is 0 Å². The van der Waals surface area contributed by atoms with Crippen molar-refractivity contribution in [2.45, 2.75) is 45.3 Å². The Bertz CT molecular complexity index is 402. The molecule has 0 spiro atoms. The van der Waals surface area contributed by atoms with E-state index in [4.69, 9.17) is 4.74 Å². The Morgan fingerprint density at radius 1 is 1.21 bits per heavy atom. The van der Waals surface area contributed by atoms with Crippen LogP contribution in [0.25, 0.3) is 0 Å². The Morgan fingerprint density at radius 3 is 2.53 bits per heavy atom. The van der Waals surface area contributed by atoms with Crippen LogP contribution in [0.4, 0.5) is 11.6 Å². The first kappa shape index (κ1) is 14.1. The molecule has 2 N–H and O–H groups in total. The maximum Gasteiger partial charge on any atom is 0.158 e. The lowest BCUT2D eigenvalue weighted by atomic mass is 9.87. The van der Waals surface area contributed by atoms with E-state index >= 15 is 0 Å². The topological polar surface area (TPSA) is 59.1 Å². The zero-order valence-corrected chi connectivity index (χ0v) is 12.1. The normalized spacial score (nSPS) is 23.1. The van der Waals surface area contributed by atoms with E-state index in [0.717, 1.165) is 17.6 Å². The van der Waals surface area contributed by atoms with Crippen molar-refractivity contribution in [3.05, 3.63) is 11.9 Å². The predicted molar refractivity (Wildman–Crippen MR) is 77.3 cm³/mol. The molecular weight excluding hydrogens is 240 g/mol. The molecule has 1 aliphatic rings. The van der Waals surface area contributed by atoms with Gasteiger partial charge in [0.25, 0.3) is 0 Å². The number of rotatable bonds is 5. The molecule has 5 nitrogen and oxygen atoms in total. The summed E-state index contributed by atoms with van der Waals surface area (Å²) < 4.78 is 5.11. The molecule has 106 valence electrons. The highest BCUT2D eigenvalue weighted by Gasteiger charge is 2.18. The number of anilines is 2. The van der Waals surface area contributed by atoms with Gasteiger partial charge in [-0.25, -0.2) is 9.97 Å². The van der Waals surface area contributed by atoms with E-state index in [0.29, 0.717) is 18.5 Å². The Labute approximate surface area is 115 Å². The van der Waals surface area contributed by atoms with E-state index in [1.807, 2.05) is 13.1 Å². The van der Waals surface area contributed by atoms with Crippen LogP contribution in [0.2, 0.25) is 0 Å². The number of methoxy groups -OCH3 is 1. The number of hydrogen-bond acceptors (Lipinski definition) is 5. The van der Waals surface area contributed by atoms with Gasteiger partial charge in [-0.3, -0.25) is 0 Å². The van der Waals surface area contributed by atoms with Crippen LogP contribution in [0.5, 0.6) is 0 Å². The predicted octanol–water partition coefficient (Wildman–Crippen LogP) is 2.66. The monoisotopic (exact) mass is 264 g/mol. The van der Waals surface area contributed by atoms with Crippen LogP contribution >= 0.6 is 0 Å². The van der Waals surface area contributed by atoms with Crippen LogP contribution in [-0.2, 0) is 11.3 Å². The van der Waals surface area contributed by atoms with Crippen LogP contribution in [0.3, 0.4) is 0 Å². The molecule has 1 aromatic heterocycles. The minimum Gasteiger partial charge on any atom is -0.377 e. The number of hydrogen-bond donors (Lipinski definition) is 2. The zero-order chi connectivity index (χ0) is 13.7. The van der Waals surface area contributed by atoms with E-state index in [2.05, 4.69) is 27.5 Å². The van der Waals surface area contributed by atoms with Gasteiger partial charge < -0.3 is 15.4 Å². The summed E-state index contributed by atoms with van der Waals surface area (Å²) in [6.07, 6.45) is 5.04. The van der Waals surface area contributed by atoms with Gasteiger partial charge in [0.15, 0.2) is 5.82 Å². The lowest BCUT2D eigenvalue weighted by Gasteiger charge is -2.27.